The van der Waals surface area contributed by atoms with Gasteiger partial charge in [0.25, 0.3) is 0 Å². The number of hydrogen-bond donors (Lipinski definition) is 3. The van der Waals surface area contributed by atoms with E-state index < -0.39 is 0 Å². The monoisotopic (exact) mass is 339 g/mol. The Balaban J connectivity index is 2.07. The van der Waals surface area contributed by atoms with E-state index in [0.29, 0.717) is 11.7 Å². The lowest BCUT2D eigenvalue weighted by atomic mass is 10.3. The molecule has 1 aromatic heterocycles. The second-order valence-corrected chi connectivity index (χ2v) is 6.14. The Hall–Kier alpha value is -2.73. The van der Waals surface area contributed by atoms with E-state index in [9.17, 15) is 0 Å². The molecule has 124 valence electrons. The molecule has 0 aliphatic heterocycles. The Labute approximate surface area is 146 Å². The van der Waals surface area contributed by atoms with Crippen LogP contribution in [-0.2, 0) is 0 Å². The molecular formula is C18H21N5S. The van der Waals surface area contributed by atoms with Gasteiger partial charge in [-0.15, -0.1) is 0 Å². The molecule has 0 aliphatic carbocycles. The maximum atomic E-state index is 5.97. The van der Waals surface area contributed by atoms with Crippen LogP contribution in [0.1, 0.15) is 13.3 Å². The normalized spacial score (nSPS) is 12.0. The number of pyridine rings is 1. The third kappa shape index (κ3) is 5.81. The molecule has 1 aromatic carbocycles. The molecule has 0 bridgehead atoms. The van der Waals surface area contributed by atoms with E-state index in [-0.39, 0.29) is 0 Å². The van der Waals surface area contributed by atoms with E-state index in [4.69, 9.17) is 11.5 Å². The number of aliphatic imine (C=N–C) groups is 1. The van der Waals surface area contributed by atoms with Crippen molar-refractivity contribution >= 4 is 23.3 Å². The quantitative estimate of drug-likeness (QED) is 0.530. The van der Waals surface area contributed by atoms with Crippen molar-refractivity contribution in [3.05, 3.63) is 73.0 Å². The topological polar surface area (TPSA) is 89.3 Å². The first-order chi connectivity index (χ1) is 11.6. The van der Waals surface area contributed by atoms with Crippen molar-refractivity contribution < 1.29 is 0 Å². The van der Waals surface area contributed by atoms with Crippen LogP contribution in [0.15, 0.2) is 87.7 Å². The van der Waals surface area contributed by atoms with Crippen molar-refractivity contribution in [3.63, 3.8) is 0 Å². The second-order valence-electron chi connectivity index (χ2n) is 4.99. The van der Waals surface area contributed by atoms with Crippen LogP contribution in [0.3, 0.4) is 0 Å². The largest absolute Gasteiger partial charge is 0.386 e. The third-order valence-electron chi connectivity index (χ3n) is 3.00. The van der Waals surface area contributed by atoms with Crippen LogP contribution in [0.2, 0.25) is 0 Å². The van der Waals surface area contributed by atoms with E-state index in [2.05, 4.69) is 21.9 Å². The van der Waals surface area contributed by atoms with Crippen LogP contribution in [0.25, 0.3) is 0 Å². The Morgan fingerprint density at radius 1 is 1.17 bits per heavy atom. The van der Waals surface area contributed by atoms with E-state index in [1.54, 1.807) is 30.2 Å². The number of nitrogens with one attached hydrogen (secondary N) is 1. The number of hydrogen-bond acceptors (Lipinski definition) is 5. The van der Waals surface area contributed by atoms with Crippen LogP contribution < -0.4 is 16.8 Å². The second kappa shape index (κ2) is 8.79. The molecule has 2 rings (SSSR count). The fraction of sp³-hybridized carbons (Fsp3) is 0.111. The lowest BCUT2D eigenvalue weighted by Crippen LogP contribution is -2.20. The van der Waals surface area contributed by atoms with Gasteiger partial charge < -0.3 is 16.8 Å². The van der Waals surface area contributed by atoms with Gasteiger partial charge in [-0.1, -0.05) is 25.3 Å². The molecule has 2 aromatic rings. The Morgan fingerprint density at radius 3 is 2.38 bits per heavy atom. The predicted octanol–water partition coefficient (Wildman–Crippen LogP) is 3.53. The molecule has 1 heterocycles. The molecule has 0 amide bonds. The smallest absolute Gasteiger partial charge is 0.125 e. The van der Waals surface area contributed by atoms with Gasteiger partial charge >= 0.3 is 0 Å². The molecule has 0 spiro atoms. The highest BCUT2D eigenvalue weighted by Crippen LogP contribution is 2.28. The molecule has 0 atom stereocenters. The molecule has 0 unspecified atom stereocenters. The van der Waals surface area contributed by atoms with Crippen molar-refractivity contribution in [1.82, 2.24) is 10.3 Å². The van der Waals surface area contributed by atoms with Crippen molar-refractivity contribution in [2.75, 3.05) is 0 Å². The Kier molecular flexibility index (Phi) is 6.45. The summed E-state index contributed by atoms with van der Waals surface area (Å²) in [5, 5.41) is 2.96. The molecule has 24 heavy (non-hydrogen) atoms. The van der Waals surface area contributed by atoms with Gasteiger partial charge in [0.2, 0.25) is 0 Å². The van der Waals surface area contributed by atoms with Gasteiger partial charge in [0.1, 0.15) is 5.84 Å². The SMILES string of the molecule is C=C(N)NC(=CC(N)=Nc1ccc(Sc2ccncc2)cc1)CC. The van der Waals surface area contributed by atoms with Gasteiger partial charge in [0.05, 0.1) is 11.5 Å². The molecule has 0 saturated carbocycles. The lowest BCUT2D eigenvalue weighted by molar-refractivity contribution is 0.884. The van der Waals surface area contributed by atoms with Crippen LogP contribution in [0.5, 0.6) is 0 Å². The molecule has 0 radical (unpaired) electrons. The highest BCUT2D eigenvalue weighted by atomic mass is 32.2. The van der Waals surface area contributed by atoms with Gasteiger partial charge in [0, 0.05) is 27.9 Å². The standard InChI is InChI=1S/C18H21N5S/c1-3-14(22-13(2)19)12-18(20)23-15-4-6-16(7-5-15)24-17-8-10-21-11-9-17/h4-12,22H,2-3,19H2,1H3,(H2,20,23). The number of amidine groups is 1. The summed E-state index contributed by atoms with van der Waals surface area (Å²) in [5.41, 5.74) is 13.2. The summed E-state index contributed by atoms with van der Waals surface area (Å²) >= 11 is 1.67. The average Bonchev–Trinajstić information content (AvgIpc) is 2.56. The zero-order valence-electron chi connectivity index (χ0n) is 13.6. The van der Waals surface area contributed by atoms with E-state index in [1.165, 1.54) is 0 Å². The Bertz CT molecular complexity index is 736. The van der Waals surface area contributed by atoms with Crippen molar-refractivity contribution in [3.8, 4) is 0 Å². The fourth-order valence-corrected chi connectivity index (χ4v) is 2.73. The van der Waals surface area contributed by atoms with Gasteiger partial charge in [-0.05, 0) is 48.9 Å². The fourth-order valence-electron chi connectivity index (χ4n) is 1.92. The van der Waals surface area contributed by atoms with E-state index in [0.717, 1.165) is 27.6 Å². The summed E-state index contributed by atoms with van der Waals surface area (Å²) in [4.78, 5) is 10.7. The zero-order chi connectivity index (χ0) is 17.4. The lowest BCUT2D eigenvalue weighted by Gasteiger charge is -2.07. The van der Waals surface area contributed by atoms with Gasteiger partial charge in [-0.2, -0.15) is 0 Å². The van der Waals surface area contributed by atoms with Crippen LogP contribution >= 0.6 is 11.8 Å². The van der Waals surface area contributed by atoms with Gasteiger partial charge in [-0.25, -0.2) is 4.99 Å². The van der Waals surface area contributed by atoms with Crippen molar-refractivity contribution in [2.24, 2.45) is 16.5 Å². The Morgan fingerprint density at radius 2 is 1.79 bits per heavy atom. The number of aromatic nitrogens is 1. The summed E-state index contributed by atoms with van der Waals surface area (Å²) in [6, 6.07) is 11.9. The summed E-state index contributed by atoms with van der Waals surface area (Å²) in [5.74, 6) is 0.795. The zero-order valence-corrected chi connectivity index (χ0v) is 14.4. The van der Waals surface area contributed by atoms with Crippen LogP contribution in [-0.4, -0.2) is 10.8 Å². The number of allylic oxidation sites excluding steroid dienone is 1. The van der Waals surface area contributed by atoms with Crippen LogP contribution in [0.4, 0.5) is 5.69 Å². The maximum absolute atomic E-state index is 5.97. The van der Waals surface area contributed by atoms with E-state index in [1.807, 2.05) is 43.3 Å². The minimum atomic E-state index is 0.383. The van der Waals surface area contributed by atoms with Crippen molar-refractivity contribution in [2.45, 2.75) is 23.1 Å². The minimum absolute atomic E-state index is 0.383. The number of rotatable bonds is 7. The maximum Gasteiger partial charge on any atom is 0.125 e. The van der Waals surface area contributed by atoms with Gasteiger partial charge in [-0.3, -0.25) is 4.98 Å². The minimum Gasteiger partial charge on any atom is -0.386 e. The summed E-state index contributed by atoms with van der Waals surface area (Å²) in [6.07, 6.45) is 6.08. The molecule has 5 N–H and O–H groups in total. The number of benzene rings is 1. The number of nitrogens with zero attached hydrogens (tertiary/aromatic N) is 2. The highest BCUT2D eigenvalue weighted by Gasteiger charge is 1.99. The third-order valence-corrected chi connectivity index (χ3v) is 4.02. The molecule has 5 nitrogen and oxygen atoms in total. The predicted molar refractivity (Wildman–Crippen MR) is 101 cm³/mol. The van der Waals surface area contributed by atoms with Gasteiger partial charge in [0.15, 0.2) is 0 Å². The summed E-state index contributed by atoms with van der Waals surface area (Å²) in [6.45, 7) is 5.62. The molecule has 6 heteroatoms. The molecule has 0 fully saturated rings. The average molecular weight is 339 g/mol. The summed E-state index contributed by atoms with van der Waals surface area (Å²) < 4.78 is 0. The van der Waals surface area contributed by atoms with Crippen LogP contribution in [0, 0.1) is 0 Å². The first-order valence-corrected chi connectivity index (χ1v) is 8.32. The molecule has 0 saturated heterocycles. The molecule has 0 aliphatic rings. The molecular weight excluding hydrogens is 318 g/mol. The van der Waals surface area contributed by atoms with Crippen molar-refractivity contribution in [1.29, 1.82) is 0 Å². The van der Waals surface area contributed by atoms with E-state index >= 15 is 0 Å². The highest BCUT2D eigenvalue weighted by molar-refractivity contribution is 7.99. The first kappa shape index (κ1) is 17.6. The number of nitrogens with two attached hydrogens (primary N) is 2. The first-order valence-electron chi connectivity index (χ1n) is 7.51. The summed E-state index contributed by atoms with van der Waals surface area (Å²) in [7, 11) is 0.